The standard InChI is InChI=1S/C14H22N.C7H8O3S/c1-3-15(2)11-9-14(10-12-15)13-7-5-4-6-8-13;1-6-2-4-7(5-3-6)11(8,9)10/h4-8,14H,3,9-12H2,1-2H3;2-5H,1H3,(H,8,9,10)/q+1;/p-1. The van der Waals surface area contributed by atoms with E-state index in [0.29, 0.717) is 0 Å². The van der Waals surface area contributed by atoms with Crippen molar-refractivity contribution in [2.24, 2.45) is 0 Å². The lowest BCUT2D eigenvalue weighted by Crippen LogP contribution is -2.49. The second kappa shape index (κ2) is 8.80. The summed E-state index contributed by atoms with van der Waals surface area (Å²) in [6.07, 6.45) is 2.71. The molecule has 26 heavy (non-hydrogen) atoms. The van der Waals surface area contributed by atoms with Crippen molar-refractivity contribution in [2.75, 3.05) is 26.7 Å². The Balaban J connectivity index is 0.000000197. The van der Waals surface area contributed by atoms with Crippen LogP contribution in [0.1, 0.15) is 36.8 Å². The number of piperidine rings is 1. The van der Waals surface area contributed by atoms with E-state index in [1.54, 1.807) is 17.7 Å². The zero-order chi connectivity index (χ0) is 19.2. The third kappa shape index (κ3) is 5.94. The van der Waals surface area contributed by atoms with Gasteiger partial charge in [-0.25, -0.2) is 8.42 Å². The summed E-state index contributed by atoms with van der Waals surface area (Å²) < 4.78 is 32.4. The van der Waals surface area contributed by atoms with Gasteiger partial charge in [0.15, 0.2) is 0 Å². The first-order valence-electron chi connectivity index (χ1n) is 9.14. The van der Waals surface area contributed by atoms with Crippen LogP contribution in [0.4, 0.5) is 0 Å². The number of rotatable bonds is 3. The molecule has 0 atom stereocenters. The van der Waals surface area contributed by atoms with Gasteiger partial charge >= 0.3 is 0 Å². The monoisotopic (exact) mass is 375 g/mol. The first-order chi connectivity index (χ1) is 12.2. The number of hydrogen-bond acceptors (Lipinski definition) is 3. The van der Waals surface area contributed by atoms with Gasteiger partial charge in [0.1, 0.15) is 10.1 Å². The molecule has 0 bridgehead atoms. The molecule has 5 heteroatoms. The van der Waals surface area contributed by atoms with Gasteiger partial charge in [-0.3, -0.25) is 0 Å². The molecule has 0 radical (unpaired) electrons. The van der Waals surface area contributed by atoms with Crippen LogP contribution < -0.4 is 0 Å². The Bertz CT molecular complexity index is 778. The van der Waals surface area contributed by atoms with Crippen molar-refractivity contribution in [3.63, 3.8) is 0 Å². The van der Waals surface area contributed by atoms with E-state index in [0.717, 1.165) is 11.5 Å². The quantitative estimate of drug-likeness (QED) is 0.603. The van der Waals surface area contributed by atoms with E-state index in [1.807, 2.05) is 6.92 Å². The summed E-state index contributed by atoms with van der Waals surface area (Å²) in [7, 11) is -1.88. The third-order valence-electron chi connectivity index (χ3n) is 5.38. The Morgan fingerprint density at radius 2 is 1.54 bits per heavy atom. The van der Waals surface area contributed by atoms with Gasteiger partial charge in [0.05, 0.1) is 31.6 Å². The summed E-state index contributed by atoms with van der Waals surface area (Å²) in [5.41, 5.74) is 2.47. The molecule has 2 aromatic rings. The summed E-state index contributed by atoms with van der Waals surface area (Å²) in [5.74, 6) is 0.809. The summed E-state index contributed by atoms with van der Waals surface area (Å²) >= 11 is 0. The molecule has 1 fully saturated rings. The van der Waals surface area contributed by atoms with Crippen molar-refractivity contribution in [2.45, 2.75) is 37.5 Å². The molecule has 0 amide bonds. The summed E-state index contributed by atoms with van der Waals surface area (Å²) in [6, 6.07) is 16.8. The number of likely N-dealkylation sites (tertiary alicyclic amines) is 1. The van der Waals surface area contributed by atoms with Gasteiger partial charge in [-0.05, 0) is 37.5 Å². The van der Waals surface area contributed by atoms with Crippen LogP contribution in [-0.4, -0.2) is 44.1 Å². The Morgan fingerprint density at radius 1 is 1.00 bits per heavy atom. The van der Waals surface area contributed by atoms with Gasteiger partial charge in [-0.15, -0.1) is 0 Å². The van der Waals surface area contributed by atoms with Crippen LogP contribution in [-0.2, 0) is 10.1 Å². The number of nitrogens with zero attached hydrogens (tertiary/aromatic N) is 1. The molecule has 1 heterocycles. The van der Waals surface area contributed by atoms with Crippen LogP contribution >= 0.6 is 0 Å². The van der Waals surface area contributed by atoms with Crippen molar-refractivity contribution < 1.29 is 17.5 Å². The maximum absolute atomic E-state index is 10.4. The molecule has 1 saturated heterocycles. The van der Waals surface area contributed by atoms with Crippen molar-refractivity contribution in [3.8, 4) is 0 Å². The van der Waals surface area contributed by atoms with Crippen LogP contribution in [0.2, 0.25) is 0 Å². The summed E-state index contributed by atoms with van der Waals surface area (Å²) in [4.78, 5) is -0.178. The summed E-state index contributed by atoms with van der Waals surface area (Å²) in [5, 5.41) is 0. The average molecular weight is 376 g/mol. The van der Waals surface area contributed by atoms with Crippen molar-refractivity contribution in [1.29, 1.82) is 0 Å². The molecule has 0 spiro atoms. The summed E-state index contributed by atoms with van der Waals surface area (Å²) in [6.45, 7) is 8.09. The van der Waals surface area contributed by atoms with Gasteiger partial charge in [0.25, 0.3) is 0 Å². The number of benzene rings is 2. The van der Waals surface area contributed by atoms with Gasteiger partial charge in [0.2, 0.25) is 0 Å². The van der Waals surface area contributed by atoms with Crippen LogP contribution in [0.3, 0.4) is 0 Å². The number of aryl methyl sites for hydroxylation is 1. The lowest BCUT2D eigenvalue weighted by molar-refractivity contribution is -0.912. The van der Waals surface area contributed by atoms with Crippen molar-refractivity contribution in [3.05, 3.63) is 65.7 Å². The van der Waals surface area contributed by atoms with E-state index in [9.17, 15) is 13.0 Å². The van der Waals surface area contributed by atoms with E-state index >= 15 is 0 Å². The molecule has 3 rings (SSSR count). The van der Waals surface area contributed by atoms with Gasteiger partial charge in [-0.1, -0.05) is 48.0 Å². The van der Waals surface area contributed by atoms with Crippen LogP contribution in [0.5, 0.6) is 0 Å². The van der Waals surface area contributed by atoms with Gasteiger partial charge in [-0.2, -0.15) is 0 Å². The maximum Gasteiger partial charge on any atom is 0.124 e. The van der Waals surface area contributed by atoms with Crippen molar-refractivity contribution >= 4 is 10.1 Å². The largest absolute Gasteiger partial charge is 0.744 e. The highest BCUT2D eigenvalue weighted by Gasteiger charge is 2.28. The smallest absolute Gasteiger partial charge is 0.124 e. The average Bonchev–Trinajstić information content (AvgIpc) is 2.63. The molecule has 142 valence electrons. The number of hydrogen-bond donors (Lipinski definition) is 0. The minimum Gasteiger partial charge on any atom is -0.744 e. The molecule has 0 N–H and O–H groups in total. The number of quaternary nitrogens is 1. The van der Waals surface area contributed by atoms with Crippen LogP contribution in [0.15, 0.2) is 59.5 Å². The first kappa shape index (κ1) is 20.6. The Labute approximate surface area is 157 Å². The molecule has 1 aliphatic heterocycles. The maximum atomic E-state index is 10.4. The van der Waals surface area contributed by atoms with E-state index in [2.05, 4.69) is 44.3 Å². The zero-order valence-electron chi connectivity index (χ0n) is 15.9. The van der Waals surface area contributed by atoms with E-state index in [-0.39, 0.29) is 4.90 Å². The predicted octanol–water partition coefficient (Wildman–Crippen LogP) is 3.93. The molecule has 0 aromatic heterocycles. The van der Waals surface area contributed by atoms with Crippen LogP contribution in [0, 0.1) is 6.92 Å². The second-order valence-electron chi connectivity index (χ2n) is 7.34. The lowest BCUT2D eigenvalue weighted by Gasteiger charge is -2.40. The Hall–Kier alpha value is -1.69. The molecule has 0 unspecified atom stereocenters. The highest BCUT2D eigenvalue weighted by Crippen LogP contribution is 2.30. The van der Waals surface area contributed by atoms with Gasteiger partial charge in [0, 0.05) is 12.8 Å². The SMILES string of the molecule is CC[N+]1(C)CCC(c2ccccc2)CC1.Cc1ccc(S(=O)(=O)[O-])cc1. The highest BCUT2D eigenvalue weighted by atomic mass is 32.2. The zero-order valence-corrected chi connectivity index (χ0v) is 16.7. The highest BCUT2D eigenvalue weighted by molar-refractivity contribution is 7.85. The minimum atomic E-state index is -4.27. The fourth-order valence-electron chi connectivity index (χ4n) is 3.27. The van der Waals surface area contributed by atoms with E-state index in [4.69, 9.17) is 0 Å². The molecular formula is C21H29NO3S. The Morgan fingerprint density at radius 3 is 2.00 bits per heavy atom. The molecule has 2 aromatic carbocycles. The first-order valence-corrected chi connectivity index (χ1v) is 10.6. The molecular weight excluding hydrogens is 346 g/mol. The lowest BCUT2D eigenvalue weighted by atomic mass is 9.88. The van der Waals surface area contributed by atoms with E-state index in [1.165, 1.54) is 49.1 Å². The molecule has 1 aliphatic rings. The third-order valence-corrected chi connectivity index (χ3v) is 6.23. The van der Waals surface area contributed by atoms with Crippen LogP contribution in [0.25, 0.3) is 0 Å². The Kier molecular flexibility index (Phi) is 6.98. The fourth-order valence-corrected chi connectivity index (χ4v) is 3.74. The van der Waals surface area contributed by atoms with Crippen molar-refractivity contribution in [1.82, 2.24) is 0 Å². The van der Waals surface area contributed by atoms with Gasteiger partial charge < -0.3 is 9.04 Å². The molecule has 0 saturated carbocycles. The molecule has 4 nitrogen and oxygen atoms in total. The predicted molar refractivity (Wildman–Crippen MR) is 104 cm³/mol. The topological polar surface area (TPSA) is 57.2 Å². The minimum absolute atomic E-state index is 0.178. The fraction of sp³-hybridized carbons (Fsp3) is 0.429. The normalized spacial score (nSPS) is 23.0. The second-order valence-corrected chi connectivity index (χ2v) is 8.71. The van der Waals surface area contributed by atoms with E-state index < -0.39 is 10.1 Å². The molecule has 0 aliphatic carbocycles.